The summed E-state index contributed by atoms with van der Waals surface area (Å²) >= 11 is 0. The second kappa shape index (κ2) is 16.6. The van der Waals surface area contributed by atoms with Gasteiger partial charge in [-0.05, 0) is 118 Å². The molecule has 0 fully saturated rings. The predicted octanol–water partition coefficient (Wildman–Crippen LogP) is 18.8. The summed E-state index contributed by atoms with van der Waals surface area (Å²) in [5.74, 6) is 0. The Morgan fingerprint density at radius 3 is 1.61 bits per heavy atom. The van der Waals surface area contributed by atoms with Crippen LogP contribution in [0.4, 0.5) is 0 Å². The van der Waals surface area contributed by atoms with E-state index in [1.54, 1.807) is 6.33 Å². The highest BCUT2D eigenvalue weighted by Gasteiger charge is 2.20. The van der Waals surface area contributed by atoms with Crippen LogP contribution >= 0.6 is 0 Å². The second-order valence-electron chi connectivity index (χ2n) is 19.7. The highest BCUT2D eigenvalue weighted by molar-refractivity contribution is 6.14. The van der Waals surface area contributed by atoms with E-state index in [0.29, 0.717) is 5.58 Å². The maximum absolute atomic E-state index is 6.53. The van der Waals surface area contributed by atoms with Crippen LogP contribution in [0.15, 0.2) is 264 Å². The number of furan rings is 2. The molecule has 0 aliphatic carbocycles. The van der Waals surface area contributed by atoms with Gasteiger partial charge in [-0.2, -0.15) is 0 Å². The summed E-state index contributed by atoms with van der Waals surface area (Å²) in [5, 5.41) is 8.09. The summed E-state index contributed by atoms with van der Waals surface area (Å²) in [6.45, 7) is 0. The van der Waals surface area contributed by atoms with E-state index < -0.39 is 0 Å². The molecule has 76 heavy (non-hydrogen) atoms. The molecule has 354 valence electrons. The smallest absolute Gasteiger partial charge is 0.180 e. The molecule has 0 atom stereocenters. The van der Waals surface area contributed by atoms with Gasteiger partial charge in [0, 0.05) is 60.2 Å². The average molecular weight is 971 g/mol. The lowest BCUT2D eigenvalue weighted by molar-refractivity contribution is 0.666. The summed E-state index contributed by atoms with van der Waals surface area (Å²) < 4.78 is 17.7. The van der Waals surface area contributed by atoms with Crippen molar-refractivity contribution in [1.29, 1.82) is 0 Å². The Kier molecular flexibility index (Phi) is 9.23. The number of nitrogens with zero attached hydrogens (tertiary/aromatic N) is 4. The quantitative estimate of drug-likeness (QED) is 0.160. The maximum Gasteiger partial charge on any atom is 0.180 e. The fraction of sp³-hybridized carbons (Fsp3) is 0. The van der Waals surface area contributed by atoms with E-state index >= 15 is 0 Å². The summed E-state index contributed by atoms with van der Waals surface area (Å²) in [4.78, 5) is 9.50. The zero-order valence-electron chi connectivity index (χ0n) is 40.9. The molecule has 0 bridgehead atoms. The monoisotopic (exact) mass is 970 g/mol. The normalized spacial score (nSPS) is 11.9. The van der Waals surface area contributed by atoms with Crippen molar-refractivity contribution in [2.24, 2.45) is 0 Å². The summed E-state index contributed by atoms with van der Waals surface area (Å²) in [7, 11) is 0. The van der Waals surface area contributed by atoms with Crippen LogP contribution in [0.1, 0.15) is 0 Å². The van der Waals surface area contributed by atoms with E-state index in [4.69, 9.17) is 18.8 Å². The summed E-state index contributed by atoms with van der Waals surface area (Å²) in [5.41, 5.74) is 21.7. The van der Waals surface area contributed by atoms with Crippen LogP contribution in [0.2, 0.25) is 0 Å². The number of rotatable bonds is 7. The number of aromatic nitrogens is 4. The van der Waals surface area contributed by atoms with Crippen molar-refractivity contribution in [2.75, 3.05) is 0 Å². The van der Waals surface area contributed by atoms with Crippen molar-refractivity contribution in [3.8, 4) is 67.1 Å². The van der Waals surface area contributed by atoms with Gasteiger partial charge in [-0.25, -0.2) is 9.97 Å². The van der Waals surface area contributed by atoms with Gasteiger partial charge in [-0.3, -0.25) is 0 Å². The fourth-order valence-electron chi connectivity index (χ4n) is 11.9. The van der Waals surface area contributed by atoms with Crippen LogP contribution in [0.5, 0.6) is 0 Å². The molecule has 0 unspecified atom stereocenters. The maximum atomic E-state index is 6.53. The van der Waals surface area contributed by atoms with Crippen molar-refractivity contribution in [3.05, 3.63) is 255 Å². The van der Waals surface area contributed by atoms with Crippen LogP contribution in [-0.2, 0) is 0 Å². The molecular formula is C70H42N4O2. The minimum Gasteiger partial charge on any atom is -0.455 e. The predicted molar refractivity (Wildman–Crippen MR) is 312 cm³/mol. The molecule has 0 radical (unpaired) electrons. The Hall–Kier alpha value is -10.3. The first kappa shape index (κ1) is 42.2. The van der Waals surface area contributed by atoms with E-state index in [9.17, 15) is 0 Å². The average Bonchev–Trinajstić information content (AvgIpc) is 4.28. The van der Waals surface area contributed by atoms with Crippen LogP contribution in [0, 0.1) is 0 Å². The standard InChI is InChI=1S/C70H42N4O2/c1-2-14-51(15-3-1)73-62-22-8-5-17-55(62)59-39-48(31-36-63(59)73)49-30-35-56-54-16-4-7-21-61(54)74(64(56)41-49)52-33-28-44(29-34-52)47-13-10-12-46(38-47)43-24-26-45(27-25-43)67-70-68(72-42-71-67)60-40-50(32-37-66(60)76-70)53-19-11-20-58-57-18-6-9-23-65(57)75-69(53)58/h1-42H. The first-order valence-electron chi connectivity index (χ1n) is 25.7. The Balaban J connectivity index is 0.705. The fourth-order valence-corrected chi connectivity index (χ4v) is 11.9. The Morgan fingerprint density at radius 1 is 0.276 bits per heavy atom. The van der Waals surface area contributed by atoms with Crippen molar-refractivity contribution in [1.82, 2.24) is 19.1 Å². The van der Waals surface area contributed by atoms with Gasteiger partial charge < -0.3 is 18.0 Å². The van der Waals surface area contributed by atoms with E-state index in [1.165, 1.54) is 54.7 Å². The van der Waals surface area contributed by atoms with E-state index in [2.05, 4.69) is 234 Å². The van der Waals surface area contributed by atoms with Crippen LogP contribution < -0.4 is 0 Å². The molecule has 16 aromatic rings. The minimum atomic E-state index is 0.664. The Morgan fingerprint density at radius 2 is 0.803 bits per heavy atom. The number of benzene rings is 11. The zero-order valence-corrected chi connectivity index (χ0v) is 40.9. The molecule has 16 rings (SSSR count). The van der Waals surface area contributed by atoms with Gasteiger partial charge in [-0.1, -0.05) is 170 Å². The first-order valence-corrected chi connectivity index (χ1v) is 25.7. The van der Waals surface area contributed by atoms with Gasteiger partial charge in [0.1, 0.15) is 34.3 Å². The molecular weight excluding hydrogens is 929 g/mol. The van der Waals surface area contributed by atoms with Gasteiger partial charge in [-0.15, -0.1) is 0 Å². The number of hydrogen-bond donors (Lipinski definition) is 0. The highest BCUT2D eigenvalue weighted by Crippen LogP contribution is 2.42. The summed E-state index contributed by atoms with van der Waals surface area (Å²) in [6, 6.07) is 89.1. The van der Waals surface area contributed by atoms with E-state index in [1.807, 2.05) is 24.3 Å². The molecule has 0 N–H and O–H groups in total. The van der Waals surface area contributed by atoms with Gasteiger partial charge in [0.05, 0.1) is 22.1 Å². The van der Waals surface area contributed by atoms with E-state index in [-0.39, 0.29) is 0 Å². The first-order chi connectivity index (χ1) is 37.7. The van der Waals surface area contributed by atoms with Crippen molar-refractivity contribution >= 4 is 87.6 Å². The lowest BCUT2D eigenvalue weighted by atomic mass is 9.97. The molecule has 0 aliphatic rings. The van der Waals surface area contributed by atoms with Crippen LogP contribution in [-0.4, -0.2) is 19.1 Å². The van der Waals surface area contributed by atoms with Crippen molar-refractivity contribution < 1.29 is 8.83 Å². The molecule has 0 aliphatic heterocycles. The lowest BCUT2D eigenvalue weighted by Gasteiger charge is -2.11. The topological polar surface area (TPSA) is 61.9 Å². The Labute approximate surface area is 435 Å². The highest BCUT2D eigenvalue weighted by atomic mass is 16.3. The number of hydrogen-bond acceptors (Lipinski definition) is 4. The zero-order chi connectivity index (χ0) is 49.8. The molecule has 11 aromatic carbocycles. The second-order valence-corrected chi connectivity index (χ2v) is 19.7. The minimum absolute atomic E-state index is 0.664. The molecule has 0 saturated heterocycles. The van der Waals surface area contributed by atoms with Gasteiger partial charge in [0.2, 0.25) is 0 Å². The molecule has 5 aromatic heterocycles. The van der Waals surface area contributed by atoms with Gasteiger partial charge in [0.15, 0.2) is 5.58 Å². The van der Waals surface area contributed by atoms with Crippen molar-refractivity contribution in [3.63, 3.8) is 0 Å². The molecule has 0 spiro atoms. The third kappa shape index (κ3) is 6.54. The molecule has 0 amide bonds. The van der Waals surface area contributed by atoms with Gasteiger partial charge >= 0.3 is 0 Å². The van der Waals surface area contributed by atoms with Gasteiger partial charge in [0.25, 0.3) is 0 Å². The third-order valence-electron chi connectivity index (χ3n) is 15.5. The SMILES string of the molecule is c1ccc(-n2c3ccccc3c3cc(-c4ccc5c6ccccc6n(-c6ccc(-c7cccc(-c8ccc(-c9ncnc%10c9oc9ccc(-c%11cccc%12c%11oc%11ccccc%11%12)cc9%10)cc8)c7)cc6)c5c4)ccc32)cc1. The summed E-state index contributed by atoms with van der Waals surface area (Å²) in [6.07, 6.45) is 1.63. The van der Waals surface area contributed by atoms with Crippen LogP contribution in [0.3, 0.4) is 0 Å². The molecule has 6 nitrogen and oxygen atoms in total. The number of para-hydroxylation sites is 5. The lowest BCUT2D eigenvalue weighted by Crippen LogP contribution is -1.94. The van der Waals surface area contributed by atoms with Crippen LogP contribution in [0.25, 0.3) is 155 Å². The number of fused-ring (bicyclic) bond motifs is 12. The molecule has 0 saturated carbocycles. The largest absolute Gasteiger partial charge is 0.455 e. The van der Waals surface area contributed by atoms with Crippen molar-refractivity contribution in [2.45, 2.75) is 0 Å². The third-order valence-corrected chi connectivity index (χ3v) is 15.5. The molecule has 5 heterocycles. The molecule has 6 heteroatoms. The Bertz CT molecular complexity index is 4980. The van der Waals surface area contributed by atoms with E-state index in [0.717, 1.165) is 94.4 Å².